The van der Waals surface area contributed by atoms with Crippen LogP contribution < -0.4 is 0 Å². The maximum Gasteiger partial charge on any atom is 0.229 e. The fourth-order valence-electron chi connectivity index (χ4n) is 5.63. The molecule has 2 aromatic rings. The molecule has 0 saturated carbocycles. The highest BCUT2D eigenvalue weighted by molar-refractivity contribution is 5.98. The topological polar surface area (TPSA) is 80.2 Å². The first-order chi connectivity index (χ1) is 15.8. The third-order valence-corrected chi connectivity index (χ3v) is 7.29. The lowest BCUT2D eigenvalue weighted by molar-refractivity contribution is -0.152. The van der Waals surface area contributed by atoms with Crippen molar-refractivity contribution in [3.8, 4) is 6.07 Å². The number of unbranched alkanes of at least 4 members (excludes halogenated alkanes) is 1. The number of likely N-dealkylation sites (tertiary alicyclic amines) is 1. The number of aryl methyl sites for hydroxylation is 1. The number of H-pyrrole nitrogens is 1. The number of nitrogens with zero attached hydrogens (tertiary/aromatic N) is 3. The van der Waals surface area contributed by atoms with Crippen molar-refractivity contribution in [3.05, 3.63) is 35.0 Å². The van der Waals surface area contributed by atoms with Gasteiger partial charge in [-0.2, -0.15) is 5.26 Å². The van der Waals surface area contributed by atoms with Crippen molar-refractivity contribution in [3.63, 3.8) is 0 Å². The van der Waals surface area contributed by atoms with Gasteiger partial charge in [-0.1, -0.05) is 26.8 Å². The number of carbonyl (C=O) groups is 2. The summed E-state index contributed by atoms with van der Waals surface area (Å²) in [7, 11) is 0. The van der Waals surface area contributed by atoms with Crippen LogP contribution in [0.1, 0.15) is 76.1 Å². The molecule has 6 heteroatoms. The molecular formula is C27H36N4O2. The normalized spacial score (nSPS) is 20.3. The lowest BCUT2D eigenvalue weighted by Crippen LogP contribution is -2.46. The molecule has 2 amide bonds. The molecule has 0 radical (unpaired) electrons. The summed E-state index contributed by atoms with van der Waals surface area (Å²) in [5.41, 5.74) is 4.25. The van der Waals surface area contributed by atoms with Crippen molar-refractivity contribution in [1.82, 2.24) is 14.8 Å². The highest BCUT2D eigenvalue weighted by atomic mass is 16.2. The number of nitriles is 1. The first kappa shape index (κ1) is 23.5. The molecule has 1 aromatic carbocycles. The average Bonchev–Trinajstić information content (AvgIpc) is 3.20. The molecule has 1 aliphatic carbocycles. The summed E-state index contributed by atoms with van der Waals surface area (Å²) in [5.74, 6) is -0.0318. The van der Waals surface area contributed by atoms with Gasteiger partial charge in [-0.05, 0) is 80.3 Å². The van der Waals surface area contributed by atoms with E-state index in [1.165, 1.54) is 21.4 Å². The molecule has 176 valence electrons. The van der Waals surface area contributed by atoms with E-state index in [9.17, 15) is 14.9 Å². The van der Waals surface area contributed by atoms with Crippen LogP contribution in [-0.2, 0) is 22.4 Å². The second-order valence-corrected chi connectivity index (χ2v) is 10.6. The Morgan fingerprint density at radius 1 is 1.18 bits per heavy atom. The summed E-state index contributed by atoms with van der Waals surface area (Å²) >= 11 is 0. The molecule has 1 saturated heterocycles. The summed E-state index contributed by atoms with van der Waals surface area (Å²) in [6.07, 6.45) is 7.09. The number of imide groups is 1. The molecule has 1 aromatic heterocycles. The Morgan fingerprint density at radius 2 is 1.94 bits per heavy atom. The zero-order valence-electron chi connectivity index (χ0n) is 20.2. The Hall–Kier alpha value is -2.65. The van der Waals surface area contributed by atoms with E-state index in [1.54, 1.807) is 0 Å². The van der Waals surface area contributed by atoms with E-state index >= 15 is 0 Å². The number of benzene rings is 1. The maximum atomic E-state index is 12.4. The molecule has 4 rings (SSSR count). The summed E-state index contributed by atoms with van der Waals surface area (Å²) in [4.78, 5) is 32.1. The first-order valence-electron chi connectivity index (χ1n) is 12.4. The number of amides is 2. The number of hydrogen-bond donors (Lipinski definition) is 1. The van der Waals surface area contributed by atoms with Crippen LogP contribution in [0.25, 0.3) is 10.9 Å². The molecule has 6 nitrogen and oxygen atoms in total. The lowest BCUT2D eigenvalue weighted by atomic mass is 9.81. The Balaban J connectivity index is 1.37. The van der Waals surface area contributed by atoms with Crippen LogP contribution in [0.5, 0.6) is 0 Å². The van der Waals surface area contributed by atoms with Crippen molar-refractivity contribution >= 4 is 22.7 Å². The van der Waals surface area contributed by atoms with Gasteiger partial charge >= 0.3 is 0 Å². The lowest BCUT2D eigenvalue weighted by Gasteiger charge is -2.36. The van der Waals surface area contributed by atoms with Crippen LogP contribution in [0, 0.1) is 16.7 Å². The number of hydrogen-bond acceptors (Lipinski definition) is 4. The molecule has 1 atom stereocenters. The summed E-state index contributed by atoms with van der Waals surface area (Å²) in [5, 5.41) is 10.5. The van der Waals surface area contributed by atoms with E-state index in [-0.39, 0.29) is 17.2 Å². The predicted molar refractivity (Wildman–Crippen MR) is 130 cm³/mol. The number of nitrogens with one attached hydrogen (secondary N) is 1. The van der Waals surface area contributed by atoms with Crippen LogP contribution in [-0.4, -0.2) is 52.3 Å². The summed E-state index contributed by atoms with van der Waals surface area (Å²) in [6.45, 7) is 8.80. The van der Waals surface area contributed by atoms with E-state index in [0.29, 0.717) is 31.1 Å². The molecule has 0 spiro atoms. The second-order valence-electron chi connectivity index (χ2n) is 10.6. The molecule has 1 aliphatic heterocycles. The molecule has 33 heavy (non-hydrogen) atoms. The van der Waals surface area contributed by atoms with Crippen LogP contribution in [0.15, 0.2) is 18.2 Å². The summed E-state index contributed by atoms with van der Waals surface area (Å²) < 4.78 is 0. The molecule has 0 bridgehead atoms. The van der Waals surface area contributed by atoms with Gasteiger partial charge in [0.1, 0.15) is 11.8 Å². The molecular weight excluding hydrogens is 412 g/mol. The van der Waals surface area contributed by atoms with Crippen LogP contribution in [0.4, 0.5) is 0 Å². The van der Waals surface area contributed by atoms with E-state index < -0.39 is 0 Å². The zero-order valence-corrected chi connectivity index (χ0v) is 20.2. The van der Waals surface area contributed by atoms with Gasteiger partial charge in [-0.15, -0.1) is 0 Å². The minimum atomic E-state index is -0.210. The Kier molecular flexibility index (Phi) is 6.90. The summed E-state index contributed by atoms with van der Waals surface area (Å²) in [6, 6.07) is 9.03. The van der Waals surface area contributed by atoms with Gasteiger partial charge in [0, 0.05) is 36.3 Å². The van der Waals surface area contributed by atoms with Crippen molar-refractivity contribution < 1.29 is 9.59 Å². The fourth-order valence-corrected chi connectivity index (χ4v) is 5.63. The Morgan fingerprint density at radius 3 is 2.64 bits per heavy atom. The maximum absolute atomic E-state index is 12.4. The third-order valence-electron chi connectivity index (χ3n) is 7.29. The minimum Gasteiger partial charge on any atom is -0.346 e. The fraction of sp³-hybridized carbons (Fsp3) is 0.593. The monoisotopic (exact) mass is 448 g/mol. The van der Waals surface area contributed by atoms with Crippen molar-refractivity contribution in [1.29, 1.82) is 5.26 Å². The zero-order chi connectivity index (χ0) is 23.6. The van der Waals surface area contributed by atoms with Gasteiger partial charge in [0.25, 0.3) is 0 Å². The largest absolute Gasteiger partial charge is 0.346 e. The average molecular weight is 449 g/mol. The quantitative estimate of drug-likeness (QED) is 0.474. The minimum absolute atomic E-state index is 0.0159. The first-order valence-corrected chi connectivity index (χ1v) is 12.4. The molecule has 2 heterocycles. The van der Waals surface area contributed by atoms with Gasteiger partial charge in [0.2, 0.25) is 11.8 Å². The van der Waals surface area contributed by atoms with E-state index in [4.69, 9.17) is 0 Å². The number of fused-ring (bicyclic) bond motifs is 3. The van der Waals surface area contributed by atoms with Crippen molar-refractivity contribution in [2.24, 2.45) is 5.41 Å². The van der Waals surface area contributed by atoms with Crippen LogP contribution in [0.2, 0.25) is 0 Å². The number of carbonyl (C=O) groups excluding carboxylic acids is 2. The standard InChI is InChI=1S/C27H36N4O2/c1-4-11-30(12-5-6-13-31-25(32)16-27(2,3)17-26(31)33)21-9-7-19-8-10-24-23(22(19)15-21)14-20(18-28)29-24/h8,10,14,21,29H,4-7,9,11-13,15-17H2,1-3H3. The smallest absolute Gasteiger partial charge is 0.229 e. The second kappa shape index (κ2) is 9.69. The van der Waals surface area contributed by atoms with E-state index in [0.717, 1.165) is 57.1 Å². The van der Waals surface area contributed by atoms with Gasteiger partial charge in [0.15, 0.2) is 0 Å². The number of aromatic nitrogens is 1. The number of aromatic amines is 1. The molecule has 1 N–H and O–H groups in total. The number of rotatable bonds is 8. The molecule has 1 unspecified atom stereocenters. The van der Waals surface area contributed by atoms with Crippen LogP contribution in [0.3, 0.4) is 0 Å². The Labute approximate surface area is 196 Å². The molecule has 2 aliphatic rings. The van der Waals surface area contributed by atoms with E-state index in [1.807, 2.05) is 19.9 Å². The third kappa shape index (κ3) is 5.14. The highest BCUT2D eigenvalue weighted by Gasteiger charge is 2.37. The SMILES string of the molecule is CCCN(CCCCN1C(=O)CC(C)(C)CC1=O)C1CCc2ccc3[nH]c(C#N)cc3c2C1. The molecule has 1 fully saturated rings. The Bertz CT molecular complexity index is 1060. The predicted octanol–water partition coefficient (Wildman–Crippen LogP) is 4.56. The van der Waals surface area contributed by atoms with Gasteiger partial charge < -0.3 is 9.88 Å². The van der Waals surface area contributed by atoms with E-state index in [2.05, 4.69) is 35.0 Å². The van der Waals surface area contributed by atoms with Gasteiger partial charge in [-0.25, -0.2) is 0 Å². The number of piperidine rings is 1. The van der Waals surface area contributed by atoms with Gasteiger partial charge in [0.05, 0.1) is 0 Å². The highest BCUT2D eigenvalue weighted by Crippen LogP contribution is 2.33. The van der Waals surface area contributed by atoms with Crippen LogP contribution >= 0.6 is 0 Å². The van der Waals surface area contributed by atoms with Gasteiger partial charge in [-0.3, -0.25) is 14.5 Å². The van der Waals surface area contributed by atoms with Crippen molar-refractivity contribution in [2.75, 3.05) is 19.6 Å². The van der Waals surface area contributed by atoms with Crippen molar-refractivity contribution in [2.45, 2.75) is 78.2 Å².